The topological polar surface area (TPSA) is 107 Å². The highest BCUT2D eigenvalue weighted by atomic mass is 35.5. The van der Waals surface area contributed by atoms with E-state index < -0.39 is 5.92 Å². The fourth-order valence-electron chi connectivity index (χ4n) is 3.86. The van der Waals surface area contributed by atoms with Crippen LogP contribution in [0.15, 0.2) is 93.2 Å². The number of benzene rings is 2. The summed E-state index contributed by atoms with van der Waals surface area (Å²) in [6, 6.07) is 19.9. The molecule has 2 amide bonds. The number of aryl methyl sites for hydroxylation is 1. The molecule has 1 aliphatic rings. The van der Waals surface area contributed by atoms with Crippen LogP contribution < -0.4 is 16.0 Å². The smallest absolute Gasteiger partial charge is 0.254 e. The Morgan fingerprint density at radius 2 is 1.86 bits per heavy atom. The van der Waals surface area contributed by atoms with E-state index in [2.05, 4.69) is 22.0 Å². The number of anilines is 2. The van der Waals surface area contributed by atoms with Crippen molar-refractivity contribution in [1.29, 1.82) is 5.26 Å². The zero-order valence-corrected chi connectivity index (χ0v) is 21.2. The Morgan fingerprint density at radius 3 is 2.53 bits per heavy atom. The number of dihydropyridines is 1. The summed E-state index contributed by atoms with van der Waals surface area (Å²) in [4.78, 5) is 25.9. The number of thioether (sulfide) groups is 1. The van der Waals surface area contributed by atoms with Gasteiger partial charge < -0.3 is 20.4 Å². The minimum absolute atomic E-state index is 0.0547. The number of nitrogens with zero attached hydrogens (tertiary/aromatic N) is 1. The van der Waals surface area contributed by atoms with Crippen molar-refractivity contribution >= 4 is 46.6 Å². The summed E-state index contributed by atoms with van der Waals surface area (Å²) < 4.78 is 5.64. The standard InChI is InChI=1S/C27H23ClN4O3S/c1-16-5-3-6-20(13-16)32-26(34)24-17(2)30-27(21(14-29)25(24)22-7-4-12-35-22)36-15-23(33)31-19-10-8-18(28)9-11-19/h3-13,25,30H,15H2,1-2H3,(H,31,33)(H,32,34). The molecule has 2 heterocycles. The molecule has 0 saturated heterocycles. The van der Waals surface area contributed by atoms with Crippen LogP contribution in [0.4, 0.5) is 11.4 Å². The lowest BCUT2D eigenvalue weighted by atomic mass is 9.85. The number of furan rings is 1. The van der Waals surface area contributed by atoms with Crippen LogP contribution in [0.1, 0.15) is 24.2 Å². The molecule has 4 rings (SSSR count). The summed E-state index contributed by atoms with van der Waals surface area (Å²) in [5.74, 6) is -0.792. The van der Waals surface area contributed by atoms with E-state index in [4.69, 9.17) is 16.0 Å². The van der Waals surface area contributed by atoms with Crippen molar-refractivity contribution in [2.45, 2.75) is 19.8 Å². The van der Waals surface area contributed by atoms with Gasteiger partial charge in [0.25, 0.3) is 5.91 Å². The monoisotopic (exact) mass is 518 g/mol. The summed E-state index contributed by atoms with van der Waals surface area (Å²) in [7, 11) is 0. The molecule has 1 atom stereocenters. The van der Waals surface area contributed by atoms with Crippen LogP contribution in [0.2, 0.25) is 5.02 Å². The minimum atomic E-state index is -0.724. The number of carbonyl (C=O) groups is 2. The number of nitriles is 1. The Bertz CT molecular complexity index is 1390. The normalized spacial score (nSPS) is 15.2. The molecule has 0 radical (unpaired) electrons. The van der Waals surface area contributed by atoms with Crippen LogP contribution >= 0.6 is 23.4 Å². The van der Waals surface area contributed by atoms with Gasteiger partial charge in [-0.2, -0.15) is 5.26 Å². The SMILES string of the molecule is CC1=C(C(=O)Nc2cccc(C)c2)C(c2ccco2)C(C#N)=C(SCC(=O)Nc2ccc(Cl)cc2)N1. The molecule has 0 saturated carbocycles. The van der Waals surface area contributed by atoms with Crippen molar-refractivity contribution in [3.8, 4) is 6.07 Å². The third-order valence-electron chi connectivity index (χ3n) is 5.47. The van der Waals surface area contributed by atoms with Gasteiger partial charge in [0, 0.05) is 22.1 Å². The number of rotatable bonds is 7. The number of halogens is 1. The molecule has 3 N–H and O–H groups in total. The first-order valence-electron chi connectivity index (χ1n) is 11.1. The summed E-state index contributed by atoms with van der Waals surface area (Å²) >= 11 is 7.08. The molecule has 0 bridgehead atoms. The Morgan fingerprint density at radius 1 is 1.08 bits per heavy atom. The molecule has 36 heavy (non-hydrogen) atoms. The van der Waals surface area contributed by atoms with E-state index in [1.165, 1.54) is 18.0 Å². The number of hydrogen-bond donors (Lipinski definition) is 3. The lowest BCUT2D eigenvalue weighted by Gasteiger charge is -2.28. The zero-order chi connectivity index (χ0) is 25.7. The Hall–Kier alpha value is -3.93. The van der Waals surface area contributed by atoms with E-state index in [9.17, 15) is 14.9 Å². The number of nitrogens with one attached hydrogen (secondary N) is 3. The molecule has 0 spiro atoms. The quantitative estimate of drug-likeness (QED) is 0.357. The molecule has 1 aromatic heterocycles. The Kier molecular flexibility index (Phi) is 7.84. The maximum atomic E-state index is 13.4. The zero-order valence-electron chi connectivity index (χ0n) is 19.6. The lowest BCUT2D eigenvalue weighted by Crippen LogP contribution is -2.31. The third kappa shape index (κ3) is 5.82. The highest BCUT2D eigenvalue weighted by Gasteiger charge is 2.36. The van der Waals surface area contributed by atoms with Gasteiger partial charge in [-0.25, -0.2) is 0 Å². The second-order valence-electron chi connectivity index (χ2n) is 8.13. The highest BCUT2D eigenvalue weighted by Crippen LogP contribution is 2.41. The molecule has 9 heteroatoms. The van der Waals surface area contributed by atoms with E-state index in [0.717, 1.165) is 5.56 Å². The van der Waals surface area contributed by atoms with Crippen LogP contribution in [0.25, 0.3) is 0 Å². The predicted molar refractivity (Wildman–Crippen MR) is 142 cm³/mol. The Labute approximate surface area is 218 Å². The number of hydrogen-bond acceptors (Lipinski definition) is 6. The minimum Gasteiger partial charge on any atom is -0.468 e. The second-order valence-corrected chi connectivity index (χ2v) is 9.56. The van der Waals surface area contributed by atoms with Crippen molar-refractivity contribution in [1.82, 2.24) is 5.32 Å². The van der Waals surface area contributed by atoms with E-state index in [0.29, 0.717) is 44.0 Å². The van der Waals surface area contributed by atoms with Gasteiger partial charge in [0.15, 0.2) is 0 Å². The first-order valence-corrected chi connectivity index (χ1v) is 12.4. The fourth-order valence-corrected chi connectivity index (χ4v) is 4.87. The van der Waals surface area contributed by atoms with Crippen molar-refractivity contribution in [3.63, 3.8) is 0 Å². The molecular weight excluding hydrogens is 496 g/mol. The van der Waals surface area contributed by atoms with Crippen LogP contribution in [-0.4, -0.2) is 17.6 Å². The maximum Gasteiger partial charge on any atom is 0.254 e. The van der Waals surface area contributed by atoms with Gasteiger partial charge in [0.2, 0.25) is 5.91 Å². The average Bonchev–Trinajstić information content (AvgIpc) is 3.38. The van der Waals surface area contributed by atoms with E-state index in [1.807, 2.05) is 25.1 Å². The van der Waals surface area contributed by atoms with Gasteiger partial charge >= 0.3 is 0 Å². The molecule has 0 aliphatic carbocycles. The molecule has 1 aliphatic heterocycles. The van der Waals surface area contributed by atoms with Crippen LogP contribution in [-0.2, 0) is 9.59 Å². The molecule has 7 nitrogen and oxygen atoms in total. The molecular formula is C27H23ClN4O3S. The molecule has 0 fully saturated rings. The van der Waals surface area contributed by atoms with Crippen molar-refractivity contribution in [2.75, 3.05) is 16.4 Å². The van der Waals surface area contributed by atoms with Crippen molar-refractivity contribution < 1.29 is 14.0 Å². The second kappa shape index (κ2) is 11.2. The van der Waals surface area contributed by atoms with Crippen molar-refractivity contribution in [2.24, 2.45) is 0 Å². The fraction of sp³-hybridized carbons (Fsp3) is 0.148. The third-order valence-corrected chi connectivity index (χ3v) is 6.74. The molecule has 2 aromatic carbocycles. The van der Waals surface area contributed by atoms with Crippen LogP contribution in [0.3, 0.4) is 0 Å². The van der Waals surface area contributed by atoms with Crippen LogP contribution in [0.5, 0.6) is 0 Å². The first kappa shape index (κ1) is 25.2. The first-order chi connectivity index (χ1) is 17.4. The highest BCUT2D eigenvalue weighted by molar-refractivity contribution is 8.03. The average molecular weight is 519 g/mol. The number of amides is 2. The van der Waals surface area contributed by atoms with Gasteiger partial charge in [-0.1, -0.05) is 35.5 Å². The van der Waals surface area contributed by atoms with E-state index in [-0.39, 0.29) is 17.6 Å². The number of carbonyl (C=O) groups excluding carboxylic acids is 2. The number of allylic oxidation sites excluding steroid dienone is 2. The van der Waals surface area contributed by atoms with E-state index in [1.54, 1.807) is 49.4 Å². The molecule has 1 unspecified atom stereocenters. The summed E-state index contributed by atoms with van der Waals surface area (Å²) in [5, 5.41) is 20.1. The molecule has 3 aromatic rings. The summed E-state index contributed by atoms with van der Waals surface area (Å²) in [6.45, 7) is 3.71. The van der Waals surface area contributed by atoms with Crippen molar-refractivity contribution in [3.05, 3.63) is 105 Å². The predicted octanol–water partition coefficient (Wildman–Crippen LogP) is 5.95. The van der Waals surface area contributed by atoms with Gasteiger partial charge in [0.05, 0.1) is 40.2 Å². The Balaban J connectivity index is 1.57. The van der Waals surface area contributed by atoms with Gasteiger partial charge in [-0.05, 0) is 67.9 Å². The molecule has 182 valence electrons. The maximum absolute atomic E-state index is 13.4. The van der Waals surface area contributed by atoms with Crippen LogP contribution in [0, 0.1) is 18.3 Å². The van der Waals surface area contributed by atoms with Gasteiger partial charge in [-0.15, -0.1) is 0 Å². The largest absolute Gasteiger partial charge is 0.468 e. The van der Waals surface area contributed by atoms with E-state index >= 15 is 0 Å². The van der Waals surface area contributed by atoms with Gasteiger partial charge in [-0.3, -0.25) is 9.59 Å². The van der Waals surface area contributed by atoms with Gasteiger partial charge in [0.1, 0.15) is 5.76 Å². The summed E-state index contributed by atoms with van der Waals surface area (Å²) in [6.07, 6.45) is 1.50. The lowest BCUT2D eigenvalue weighted by molar-refractivity contribution is -0.114. The summed E-state index contributed by atoms with van der Waals surface area (Å²) in [5.41, 5.74) is 3.53.